The standard InChI is InChI=1S/C28H26FN3O2/c1-18-5-12-24(17-19(18)2)32-27(33)25(20-6-8-21(29)9-7-20)26(28(32)34)30-22-10-13-23(14-11-22)31-15-3-4-16-31/h5-14,17,30H,3-4,15-16H2,1-2H3. The number of rotatable bonds is 5. The molecule has 1 fully saturated rings. The van der Waals surface area contributed by atoms with E-state index < -0.39 is 17.6 Å². The zero-order valence-electron chi connectivity index (χ0n) is 19.3. The van der Waals surface area contributed by atoms with Gasteiger partial charge in [0.2, 0.25) is 0 Å². The number of carbonyl (C=O) groups is 2. The SMILES string of the molecule is Cc1ccc(N2C(=O)C(Nc3ccc(N4CCCC4)cc3)=C(c3ccc(F)cc3)C2=O)cc1C. The van der Waals surface area contributed by atoms with Crippen LogP contribution in [0.25, 0.3) is 5.57 Å². The van der Waals surface area contributed by atoms with Crippen molar-refractivity contribution in [1.29, 1.82) is 0 Å². The molecule has 1 saturated heterocycles. The fourth-order valence-corrected chi connectivity index (χ4v) is 4.50. The van der Waals surface area contributed by atoms with Gasteiger partial charge >= 0.3 is 0 Å². The van der Waals surface area contributed by atoms with Crippen LogP contribution in [0.4, 0.5) is 21.5 Å². The molecule has 2 aliphatic heterocycles. The van der Waals surface area contributed by atoms with Gasteiger partial charge in [0.25, 0.3) is 11.8 Å². The second kappa shape index (κ2) is 8.78. The summed E-state index contributed by atoms with van der Waals surface area (Å²) in [4.78, 5) is 30.6. The van der Waals surface area contributed by atoms with Crippen LogP contribution in [-0.4, -0.2) is 24.9 Å². The van der Waals surface area contributed by atoms with Crippen LogP contribution < -0.4 is 15.1 Å². The maximum absolute atomic E-state index is 13.6. The van der Waals surface area contributed by atoms with E-state index in [9.17, 15) is 14.0 Å². The first-order valence-electron chi connectivity index (χ1n) is 11.5. The average molecular weight is 456 g/mol. The molecule has 5 nitrogen and oxygen atoms in total. The number of anilines is 3. The molecule has 0 spiro atoms. The van der Waals surface area contributed by atoms with Gasteiger partial charge in [-0.25, -0.2) is 9.29 Å². The third-order valence-corrected chi connectivity index (χ3v) is 6.57. The van der Waals surface area contributed by atoms with Gasteiger partial charge in [0, 0.05) is 24.5 Å². The fraction of sp³-hybridized carbons (Fsp3) is 0.214. The van der Waals surface area contributed by atoms with Crippen molar-refractivity contribution in [3.05, 3.63) is 94.9 Å². The molecule has 172 valence electrons. The molecular weight excluding hydrogens is 429 g/mol. The number of hydrogen-bond donors (Lipinski definition) is 1. The first-order valence-corrected chi connectivity index (χ1v) is 11.5. The van der Waals surface area contributed by atoms with Gasteiger partial charge in [-0.2, -0.15) is 0 Å². The summed E-state index contributed by atoms with van der Waals surface area (Å²) in [7, 11) is 0. The van der Waals surface area contributed by atoms with E-state index in [-0.39, 0.29) is 11.3 Å². The van der Waals surface area contributed by atoms with Crippen molar-refractivity contribution in [2.45, 2.75) is 26.7 Å². The highest BCUT2D eigenvalue weighted by Gasteiger charge is 2.40. The Bertz CT molecular complexity index is 1290. The van der Waals surface area contributed by atoms with Gasteiger partial charge in [-0.1, -0.05) is 18.2 Å². The highest BCUT2D eigenvalue weighted by molar-refractivity contribution is 6.46. The monoisotopic (exact) mass is 455 g/mol. The summed E-state index contributed by atoms with van der Waals surface area (Å²) in [5, 5.41) is 3.18. The van der Waals surface area contributed by atoms with E-state index in [0.717, 1.165) is 29.9 Å². The van der Waals surface area contributed by atoms with Gasteiger partial charge in [-0.05, 0) is 91.9 Å². The molecule has 2 amide bonds. The van der Waals surface area contributed by atoms with Gasteiger partial charge in [0.1, 0.15) is 11.5 Å². The summed E-state index contributed by atoms with van der Waals surface area (Å²) in [5.41, 5.74) is 5.32. The molecule has 0 aromatic heterocycles. The third kappa shape index (κ3) is 3.96. The Kier molecular flexibility index (Phi) is 5.65. The zero-order valence-corrected chi connectivity index (χ0v) is 19.3. The predicted molar refractivity (Wildman–Crippen MR) is 133 cm³/mol. The summed E-state index contributed by atoms with van der Waals surface area (Å²) in [6, 6.07) is 19.0. The molecule has 3 aromatic rings. The summed E-state index contributed by atoms with van der Waals surface area (Å²) in [6.45, 7) is 6.02. The largest absolute Gasteiger partial charge is 0.372 e. The van der Waals surface area contributed by atoms with Gasteiger partial charge in [-0.15, -0.1) is 0 Å². The van der Waals surface area contributed by atoms with E-state index in [1.165, 1.54) is 42.0 Å². The first-order chi connectivity index (χ1) is 16.4. The van der Waals surface area contributed by atoms with Crippen molar-refractivity contribution in [2.75, 3.05) is 28.2 Å². The molecule has 0 radical (unpaired) electrons. The number of halogens is 1. The summed E-state index contributed by atoms with van der Waals surface area (Å²) in [5.74, 6) is -1.27. The molecule has 0 aliphatic carbocycles. The number of aryl methyl sites for hydroxylation is 2. The van der Waals surface area contributed by atoms with E-state index in [0.29, 0.717) is 16.9 Å². The number of nitrogens with one attached hydrogen (secondary N) is 1. The molecule has 5 rings (SSSR count). The van der Waals surface area contributed by atoms with Crippen LogP contribution in [-0.2, 0) is 9.59 Å². The minimum absolute atomic E-state index is 0.184. The number of nitrogens with zero attached hydrogens (tertiary/aromatic N) is 2. The second-order valence-corrected chi connectivity index (χ2v) is 8.84. The van der Waals surface area contributed by atoms with Gasteiger partial charge in [0.05, 0.1) is 11.3 Å². The van der Waals surface area contributed by atoms with Crippen molar-refractivity contribution in [3.63, 3.8) is 0 Å². The smallest absolute Gasteiger partial charge is 0.282 e. The number of benzene rings is 3. The Hall–Kier alpha value is -3.93. The van der Waals surface area contributed by atoms with Crippen LogP contribution in [0.2, 0.25) is 0 Å². The van der Waals surface area contributed by atoms with E-state index >= 15 is 0 Å². The molecule has 0 atom stereocenters. The summed E-state index contributed by atoms with van der Waals surface area (Å²) in [6.07, 6.45) is 2.39. The lowest BCUT2D eigenvalue weighted by Crippen LogP contribution is -2.32. The molecule has 0 bridgehead atoms. The average Bonchev–Trinajstić information content (AvgIpc) is 3.45. The van der Waals surface area contributed by atoms with Crippen LogP contribution in [0.1, 0.15) is 29.5 Å². The van der Waals surface area contributed by atoms with E-state index in [4.69, 9.17) is 0 Å². The molecule has 1 N–H and O–H groups in total. The van der Waals surface area contributed by atoms with Crippen LogP contribution in [0.15, 0.2) is 72.4 Å². The maximum atomic E-state index is 13.6. The van der Waals surface area contributed by atoms with Crippen LogP contribution in [0, 0.1) is 19.7 Å². The van der Waals surface area contributed by atoms with Crippen LogP contribution >= 0.6 is 0 Å². The van der Waals surface area contributed by atoms with Crippen molar-refractivity contribution in [3.8, 4) is 0 Å². The van der Waals surface area contributed by atoms with Crippen LogP contribution in [0.5, 0.6) is 0 Å². The second-order valence-electron chi connectivity index (χ2n) is 8.84. The van der Waals surface area contributed by atoms with E-state index in [2.05, 4.69) is 10.2 Å². The van der Waals surface area contributed by atoms with Crippen molar-refractivity contribution in [2.24, 2.45) is 0 Å². The molecule has 2 aliphatic rings. The number of amides is 2. The van der Waals surface area contributed by atoms with Gasteiger partial charge in [-0.3, -0.25) is 9.59 Å². The maximum Gasteiger partial charge on any atom is 0.282 e. The molecule has 6 heteroatoms. The quantitative estimate of drug-likeness (QED) is 0.521. The molecular formula is C28H26FN3O2. The van der Waals surface area contributed by atoms with Gasteiger partial charge < -0.3 is 10.2 Å². The Morgan fingerprint density at radius 3 is 2.06 bits per heavy atom. The third-order valence-electron chi connectivity index (χ3n) is 6.57. The molecule has 0 unspecified atom stereocenters. The first kappa shape index (κ1) is 21.9. The Morgan fingerprint density at radius 2 is 1.41 bits per heavy atom. The molecule has 3 aromatic carbocycles. The number of hydrogen-bond acceptors (Lipinski definition) is 4. The molecule has 0 saturated carbocycles. The van der Waals surface area contributed by atoms with Crippen molar-refractivity contribution < 1.29 is 14.0 Å². The summed E-state index contributed by atoms with van der Waals surface area (Å²) >= 11 is 0. The fourth-order valence-electron chi connectivity index (χ4n) is 4.50. The van der Waals surface area contributed by atoms with Crippen molar-refractivity contribution >= 4 is 34.4 Å². The molecule has 34 heavy (non-hydrogen) atoms. The van der Waals surface area contributed by atoms with E-state index in [1.54, 1.807) is 6.07 Å². The Morgan fingerprint density at radius 1 is 0.765 bits per heavy atom. The van der Waals surface area contributed by atoms with Crippen molar-refractivity contribution in [1.82, 2.24) is 0 Å². The zero-order chi connectivity index (χ0) is 23.8. The minimum atomic E-state index is -0.434. The Labute approximate surface area is 198 Å². The lowest BCUT2D eigenvalue weighted by molar-refractivity contribution is -0.120. The minimum Gasteiger partial charge on any atom is -0.372 e. The van der Waals surface area contributed by atoms with E-state index in [1.807, 2.05) is 50.2 Å². The number of imide groups is 1. The topological polar surface area (TPSA) is 52.7 Å². The highest BCUT2D eigenvalue weighted by Crippen LogP contribution is 2.35. The lowest BCUT2D eigenvalue weighted by atomic mass is 10.0. The van der Waals surface area contributed by atoms with Gasteiger partial charge in [0.15, 0.2) is 0 Å². The Balaban J connectivity index is 1.52. The predicted octanol–water partition coefficient (Wildman–Crippen LogP) is 5.44. The summed E-state index contributed by atoms with van der Waals surface area (Å²) < 4.78 is 13.6. The molecule has 2 heterocycles. The highest BCUT2D eigenvalue weighted by atomic mass is 19.1. The lowest BCUT2D eigenvalue weighted by Gasteiger charge is -2.18. The normalized spacial score (nSPS) is 16.1. The number of carbonyl (C=O) groups excluding carboxylic acids is 2. The van der Waals surface area contributed by atoms with Crippen LogP contribution in [0.3, 0.4) is 0 Å².